The summed E-state index contributed by atoms with van der Waals surface area (Å²) in [5.41, 5.74) is 6.87. The lowest BCUT2D eigenvalue weighted by molar-refractivity contribution is -0.0486. The first-order valence-corrected chi connectivity index (χ1v) is 11.3. The number of nitrogens with zero attached hydrogens (tertiary/aromatic N) is 4. The minimum Gasteiger partial charge on any atom is -0.382 e. The molecule has 4 atom stereocenters. The molecule has 2 aromatic heterocycles. The van der Waals surface area contributed by atoms with Crippen LogP contribution in [0.4, 0.5) is 5.82 Å². The molecular weight excluding hydrogens is 389 g/mol. The number of fused-ring (bicyclic) bond motifs is 1. The van der Waals surface area contributed by atoms with Crippen molar-refractivity contribution in [1.29, 1.82) is 0 Å². The zero-order valence-electron chi connectivity index (χ0n) is 13.3. The lowest BCUT2D eigenvalue weighted by atomic mass is 10.2. The lowest BCUT2D eigenvalue weighted by Crippen LogP contribution is -2.28. The van der Waals surface area contributed by atoms with E-state index in [1.165, 1.54) is 6.33 Å². The molecule has 3 N–H and O–H groups in total. The van der Waals surface area contributed by atoms with Gasteiger partial charge in [0, 0.05) is 6.42 Å². The fourth-order valence-corrected chi connectivity index (χ4v) is 3.68. The molecule has 0 spiro atoms. The van der Waals surface area contributed by atoms with Gasteiger partial charge in [0.05, 0.1) is 19.0 Å². The second-order valence-corrected chi connectivity index (χ2v) is 8.46. The molecule has 2 aromatic rings. The molecule has 138 valence electrons. The van der Waals surface area contributed by atoms with Crippen LogP contribution in [0.2, 0.25) is 0 Å². The molecule has 25 heavy (non-hydrogen) atoms. The molecule has 1 aliphatic heterocycles. The summed E-state index contributed by atoms with van der Waals surface area (Å²) in [6.45, 7) is -0.0247. The van der Waals surface area contributed by atoms with Gasteiger partial charge in [-0.05, 0) is 6.26 Å². The summed E-state index contributed by atoms with van der Waals surface area (Å²) in [6.07, 6.45) is 4.32. The van der Waals surface area contributed by atoms with Crippen molar-refractivity contribution in [1.82, 2.24) is 19.5 Å². The molecule has 0 aromatic carbocycles. The molecule has 1 aliphatic rings. The molecule has 3 rings (SSSR count). The van der Waals surface area contributed by atoms with E-state index in [-0.39, 0.29) is 12.7 Å². The number of rotatable bonds is 8. The number of hydrogen-bond donors (Lipinski definition) is 2. The SMILES string of the molecule is CSSCOC1CC(n2cnc3c(N)ncnc32)O[C@@H]1CO[PH](=O)O. The van der Waals surface area contributed by atoms with Crippen LogP contribution in [0.3, 0.4) is 0 Å². The Balaban J connectivity index is 1.77. The van der Waals surface area contributed by atoms with Crippen LogP contribution >= 0.6 is 29.8 Å². The van der Waals surface area contributed by atoms with Crippen LogP contribution in [-0.4, -0.2) is 55.4 Å². The molecule has 0 bridgehead atoms. The molecule has 0 amide bonds. The average molecular weight is 407 g/mol. The number of imidazole rings is 1. The molecule has 3 unspecified atom stereocenters. The van der Waals surface area contributed by atoms with Crippen LogP contribution in [0.15, 0.2) is 12.7 Å². The molecule has 0 radical (unpaired) electrons. The highest BCUT2D eigenvalue weighted by molar-refractivity contribution is 8.76. The normalized spacial score (nSPS) is 24.8. The first-order chi connectivity index (χ1) is 12.1. The highest BCUT2D eigenvalue weighted by Gasteiger charge is 2.38. The van der Waals surface area contributed by atoms with Crippen molar-refractivity contribution in [3.8, 4) is 0 Å². The number of nitrogens with two attached hydrogens (primary N) is 1. The Bertz CT molecular complexity index is 750. The van der Waals surface area contributed by atoms with E-state index < -0.39 is 20.6 Å². The van der Waals surface area contributed by atoms with E-state index in [1.54, 1.807) is 32.5 Å². The van der Waals surface area contributed by atoms with Gasteiger partial charge in [-0.1, -0.05) is 21.6 Å². The van der Waals surface area contributed by atoms with Crippen LogP contribution in [0.5, 0.6) is 0 Å². The number of nitrogen functional groups attached to an aromatic ring is 1. The largest absolute Gasteiger partial charge is 0.382 e. The van der Waals surface area contributed by atoms with Crippen LogP contribution in [0, 0.1) is 0 Å². The molecule has 0 saturated carbocycles. The Kier molecular flexibility index (Phi) is 6.55. The van der Waals surface area contributed by atoms with Gasteiger partial charge in [-0.15, -0.1) is 0 Å². The molecule has 1 fully saturated rings. The van der Waals surface area contributed by atoms with Gasteiger partial charge in [0.25, 0.3) is 0 Å². The summed E-state index contributed by atoms with van der Waals surface area (Å²) >= 11 is 0. The first-order valence-electron chi connectivity index (χ1n) is 7.31. The minimum absolute atomic E-state index is 0.0247. The summed E-state index contributed by atoms with van der Waals surface area (Å²) in [4.78, 5) is 21.3. The van der Waals surface area contributed by atoms with E-state index in [0.29, 0.717) is 29.3 Å². The van der Waals surface area contributed by atoms with Crippen LogP contribution in [0.1, 0.15) is 12.6 Å². The standard InChI is InChI=1S/C12H18N5O5PS2/c1-24-25-6-20-7-2-9(22-8(7)3-21-23(18)19)17-5-16-10-11(13)14-4-15-12(10)17/h4-5,7-9,23H,2-3,6H2,1H3,(H,18,19)(H2,13,14,15)/t7?,8-,9?/m1/s1. The van der Waals surface area contributed by atoms with Crippen molar-refractivity contribution in [2.24, 2.45) is 0 Å². The maximum absolute atomic E-state index is 10.9. The number of ether oxygens (including phenoxy) is 2. The van der Waals surface area contributed by atoms with Crippen molar-refractivity contribution in [2.45, 2.75) is 24.9 Å². The minimum atomic E-state index is -3.03. The van der Waals surface area contributed by atoms with Gasteiger partial charge in [-0.25, -0.2) is 15.0 Å². The van der Waals surface area contributed by atoms with Gasteiger partial charge < -0.3 is 24.6 Å². The molecule has 0 aliphatic carbocycles. The summed E-state index contributed by atoms with van der Waals surface area (Å²) in [7, 11) is 0.126. The predicted molar refractivity (Wildman–Crippen MR) is 96.3 cm³/mol. The lowest BCUT2D eigenvalue weighted by Gasteiger charge is -2.17. The Morgan fingerprint density at radius 1 is 1.52 bits per heavy atom. The van der Waals surface area contributed by atoms with Gasteiger partial charge in [-0.3, -0.25) is 9.13 Å². The molecule has 1 saturated heterocycles. The number of anilines is 1. The van der Waals surface area contributed by atoms with Gasteiger partial charge in [-0.2, -0.15) is 0 Å². The van der Waals surface area contributed by atoms with E-state index in [4.69, 9.17) is 24.6 Å². The fourth-order valence-electron chi connectivity index (χ4n) is 2.59. The Morgan fingerprint density at radius 2 is 2.36 bits per heavy atom. The maximum atomic E-state index is 10.9. The van der Waals surface area contributed by atoms with Crippen molar-refractivity contribution in [3.05, 3.63) is 12.7 Å². The van der Waals surface area contributed by atoms with E-state index in [1.807, 2.05) is 6.26 Å². The molecule has 10 nitrogen and oxygen atoms in total. The zero-order chi connectivity index (χ0) is 17.8. The van der Waals surface area contributed by atoms with Crippen molar-refractivity contribution < 1.29 is 23.5 Å². The van der Waals surface area contributed by atoms with Crippen LogP contribution in [0.25, 0.3) is 11.2 Å². The van der Waals surface area contributed by atoms with Crippen LogP contribution in [-0.2, 0) is 18.6 Å². The Morgan fingerprint density at radius 3 is 3.12 bits per heavy atom. The van der Waals surface area contributed by atoms with Gasteiger partial charge in [0.1, 0.15) is 30.1 Å². The van der Waals surface area contributed by atoms with Gasteiger partial charge in [0.2, 0.25) is 0 Å². The monoisotopic (exact) mass is 407 g/mol. The second-order valence-electron chi connectivity index (χ2n) is 5.13. The second kappa shape index (κ2) is 8.67. The summed E-state index contributed by atoms with van der Waals surface area (Å²) in [5, 5.41) is 0. The third kappa shape index (κ3) is 4.45. The zero-order valence-corrected chi connectivity index (χ0v) is 15.9. The topological polar surface area (TPSA) is 135 Å². The van der Waals surface area contributed by atoms with Crippen molar-refractivity contribution in [2.75, 3.05) is 24.5 Å². The Hall–Kier alpha value is -0.880. The average Bonchev–Trinajstić information content (AvgIpc) is 3.18. The third-order valence-corrected chi connectivity index (χ3v) is 5.57. The predicted octanol–water partition coefficient (Wildman–Crippen LogP) is 1.45. The van der Waals surface area contributed by atoms with Crippen LogP contribution < -0.4 is 5.73 Å². The van der Waals surface area contributed by atoms with E-state index >= 15 is 0 Å². The van der Waals surface area contributed by atoms with Crippen molar-refractivity contribution >= 4 is 46.8 Å². The van der Waals surface area contributed by atoms with E-state index in [9.17, 15) is 4.57 Å². The van der Waals surface area contributed by atoms with Crippen molar-refractivity contribution in [3.63, 3.8) is 0 Å². The highest BCUT2D eigenvalue weighted by Crippen LogP contribution is 2.35. The summed E-state index contributed by atoms with van der Waals surface area (Å²) < 4.78 is 29.3. The quantitative estimate of drug-likeness (QED) is 0.285. The van der Waals surface area contributed by atoms with Gasteiger partial charge in [0.15, 0.2) is 11.5 Å². The van der Waals surface area contributed by atoms with E-state index in [0.717, 1.165) is 0 Å². The third-order valence-electron chi connectivity index (χ3n) is 3.70. The fraction of sp³-hybridized carbons (Fsp3) is 0.583. The Labute approximate surface area is 152 Å². The molecule has 13 heteroatoms. The smallest absolute Gasteiger partial charge is 0.316 e. The molecular formula is C12H18N5O5PS2. The first kappa shape index (κ1) is 18.9. The summed E-state index contributed by atoms with van der Waals surface area (Å²) in [6, 6.07) is 0. The van der Waals surface area contributed by atoms with Gasteiger partial charge >= 0.3 is 8.25 Å². The number of hydrogen-bond acceptors (Lipinski definition) is 10. The van der Waals surface area contributed by atoms with E-state index in [2.05, 4.69) is 15.0 Å². The number of aromatic nitrogens is 4. The molecule has 3 heterocycles. The maximum Gasteiger partial charge on any atom is 0.316 e. The highest BCUT2D eigenvalue weighted by atomic mass is 33.1. The summed E-state index contributed by atoms with van der Waals surface area (Å²) in [5.74, 6) is 0.775.